The van der Waals surface area contributed by atoms with Crippen LogP contribution in [0.15, 0.2) is 4.52 Å². The number of aromatic nitrogens is 2. The molecule has 1 aliphatic rings. The van der Waals surface area contributed by atoms with E-state index in [2.05, 4.69) is 10.1 Å². The van der Waals surface area contributed by atoms with Crippen LogP contribution < -0.4 is 0 Å². The second kappa shape index (κ2) is 6.56. The minimum Gasteiger partial charge on any atom is -0.481 e. The lowest BCUT2D eigenvalue weighted by molar-refractivity contribution is -0.143. The van der Waals surface area contributed by atoms with Crippen molar-refractivity contribution >= 4 is 5.97 Å². The highest BCUT2D eigenvalue weighted by Gasteiger charge is 2.39. The van der Waals surface area contributed by atoms with Crippen LogP contribution in [0.5, 0.6) is 0 Å². The summed E-state index contributed by atoms with van der Waals surface area (Å²) in [6.07, 6.45) is 4.90. The molecule has 118 valence electrons. The number of carbonyl (C=O) groups is 1. The first kappa shape index (κ1) is 15.9. The maximum Gasteiger partial charge on any atom is 0.307 e. The van der Waals surface area contributed by atoms with Gasteiger partial charge in [-0.15, -0.1) is 0 Å². The van der Waals surface area contributed by atoms with Crippen molar-refractivity contribution in [2.45, 2.75) is 63.9 Å². The molecule has 21 heavy (non-hydrogen) atoms. The third-order valence-corrected chi connectivity index (χ3v) is 4.78. The minimum absolute atomic E-state index is 0.180. The van der Waals surface area contributed by atoms with Gasteiger partial charge >= 0.3 is 5.97 Å². The lowest BCUT2D eigenvalue weighted by Crippen LogP contribution is -2.29. The number of methoxy groups -OCH3 is 1. The molecule has 0 radical (unpaired) electrons. The fraction of sp³-hybridized carbons (Fsp3) is 0.800. The van der Waals surface area contributed by atoms with Crippen molar-refractivity contribution in [3.8, 4) is 0 Å². The number of carboxylic acid groups (broad SMARTS) is 1. The first-order valence-corrected chi connectivity index (χ1v) is 7.70. The normalized spacial score (nSPS) is 23.2. The van der Waals surface area contributed by atoms with Gasteiger partial charge in [-0.3, -0.25) is 4.79 Å². The molecule has 1 N–H and O–H groups in total. The molecule has 0 saturated heterocycles. The molecule has 0 bridgehead atoms. The molecular weight excluding hydrogens is 272 g/mol. The Morgan fingerprint density at radius 3 is 2.62 bits per heavy atom. The van der Waals surface area contributed by atoms with Crippen LogP contribution in [-0.2, 0) is 15.1 Å². The number of hydrogen-bond acceptors (Lipinski definition) is 5. The van der Waals surface area contributed by atoms with Crippen molar-refractivity contribution in [1.29, 1.82) is 0 Å². The molecule has 2 atom stereocenters. The third kappa shape index (κ3) is 2.95. The van der Waals surface area contributed by atoms with Gasteiger partial charge in [0.05, 0.1) is 11.8 Å². The van der Waals surface area contributed by atoms with Gasteiger partial charge in [-0.25, -0.2) is 0 Å². The first-order chi connectivity index (χ1) is 10.1. The Kier molecular flexibility index (Phi) is 4.98. The Bertz CT molecular complexity index is 474. The van der Waals surface area contributed by atoms with Crippen molar-refractivity contribution in [3.63, 3.8) is 0 Å². The van der Waals surface area contributed by atoms with Crippen molar-refractivity contribution in [2.75, 3.05) is 7.11 Å². The molecule has 6 heteroatoms. The monoisotopic (exact) mass is 296 g/mol. The molecule has 1 aromatic heterocycles. The highest BCUT2D eigenvalue weighted by molar-refractivity contribution is 5.71. The van der Waals surface area contributed by atoms with E-state index in [1.807, 2.05) is 13.8 Å². The van der Waals surface area contributed by atoms with Gasteiger partial charge in [0.1, 0.15) is 5.60 Å². The molecule has 0 spiro atoms. The van der Waals surface area contributed by atoms with E-state index in [1.165, 1.54) is 0 Å². The van der Waals surface area contributed by atoms with E-state index >= 15 is 0 Å². The molecule has 1 fully saturated rings. The SMILES string of the molecule is CCC(CC)(OC)c1noc(C2CCCCC2C(=O)O)n1. The summed E-state index contributed by atoms with van der Waals surface area (Å²) in [7, 11) is 1.64. The lowest BCUT2D eigenvalue weighted by atomic mass is 9.79. The second-order valence-corrected chi connectivity index (χ2v) is 5.70. The van der Waals surface area contributed by atoms with Crippen LogP contribution in [0.4, 0.5) is 0 Å². The molecule has 0 aliphatic heterocycles. The fourth-order valence-corrected chi connectivity index (χ4v) is 3.24. The highest BCUT2D eigenvalue weighted by atomic mass is 16.5. The lowest BCUT2D eigenvalue weighted by Gasteiger charge is -2.27. The zero-order chi connectivity index (χ0) is 15.5. The van der Waals surface area contributed by atoms with Crippen LogP contribution in [0, 0.1) is 5.92 Å². The van der Waals surface area contributed by atoms with Crippen molar-refractivity contribution in [3.05, 3.63) is 11.7 Å². The zero-order valence-corrected chi connectivity index (χ0v) is 13.0. The minimum atomic E-state index is -0.775. The van der Waals surface area contributed by atoms with Crippen LogP contribution >= 0.6 is 0 Å². The summed E-state index contributed by atoms with van der Waals surface area (Å²) < 4.78 is 11.0. The van der Waals surface area contributed by atoms with E-state index in [1.54, 1.807) is 7.11 Å². The summed E-state index contributed by atoms with van der Waals surface area (Å²) in [4.78, 5) is 15.9. The molecular formula is C15H24N2O4. The molecule has 2 rings (SSSR count). The average Bonchev–Trinajstić information content (AvgIpc) is 3.00. The Hall–Kier alpha value is -1.43. The van der Waals surface area contributed by atoms with Crippen LogP contribution in [0.2, 0.25) is 0 Å². The molecule has 1 aromatic rings. The van der Waals surface area contributed by atoms with Crippen LogP contribution in [0.1, 0.15) is 70.0 Å². The first-order valence-electron chi connectivity index (χ1n) is 7.70. The van der Waals surface area contributed by atoms with E-state index in [4.69, 9.17) is 9.26 Å². The predicted octanol–water partition coefficient (Wildman–Crippen LogP) is 3.09. The summed E-state index contributed by atoms with van der Waals surface area (Å²) in [5, 5.41) is 13.4. The second-order valence-electron chi connectivity index (χ2n) is 5.70. The van der Waals surface area contributed by atoms with E-state index in [9.17, 15) is 9.90 Å². The standard InChI is InChI=1S/C15H24N2O4/c1-4-15(5-2,20-3)14-16-12(21-17-14)10-8-6-7-9-11(10)13(18)19/h10-11H,4-9H2,1-3H3,(H,18,19). The van der Waals surface area contributed by atoms with Gasteiger partial charge < -0.3 is 14.4 Å². The molecule has 6 nitrogen and oxygen atoms in total. The Morgan fingerprint density at radius 2 is 2.05 bits per heavy atom. The van der Waals surface area contributed by atoms with Gasteiger partial charge in [0, 0.05) is 7.11 Å². The maximum absolute atomic E-state index is 11.4. The smallest absolute Gasteiger partial charge is 0.307 e. The number of rotatable bonds is 6. The van der Waals surface area contributed by atoms with Crippen molar-refractivity contribution < 1.29 is 19.2 Å². The van der Waals surface area contributed by atoms with Crippen LogP contribution in [-0.4, -0.2) is 28.3 Å². The van der Waals surface area contributed by atoms with Gasteiger partial charge in [-0.2, -0.15) is 4.98 Å². The van der Waals surface area contributed by atoms with Crippen LogP contribution in [0.3, 0.4) is 0 Å². The van der Waals surface area contributed by atoms with Gasteiger partial charge in [0.2, 0.25) is 11.7 Å². The van der Waals surface area contributed by atoms with E-state index in [0.717, 1.165) is 32.1 Å². The van der Waals surface area contributed by atoms with Crippen LogP contribution in [0.25, 0.3) is 0 Å². The van der Waals surface area contributed by atoms with E-state index in [0.29, 0.717) is 18.1 Å². The van der Waals surface area contributed by atoms with Crippen molar-refractivity contribution in [2.24, 2.45) is 5.92 Å². The van der Waals surface area contributed by atoms with Gasteiger partial charge in [0.25, 0.3) is 0 Å². The zero-order valence-electron chi connectivity index (χ0n) is 13.0. The van der Waals surface area contributed by atoms with Gasteiger partial charge in [-0.1, -0.05) is 31.8 Å². The van der Waals surface area contributed by atoms with E-state index in [-0.39, 0.29) is 5.92 Å². The van der Waals surface area contributed by atoms with Gasteiger partial charge in [-0.05, 0) is 25.7 Å². The predicted molar refractivity (Wildman–Crippen MR) is 75.9 cm³/mol. The molecule has 0 aromatic carbocycles. The number of aliphatic carboxylic acids is 1. The number of ether oxygens (including phenoxy) is 1. The Labute approximate surface area is 124 Å². The number of nitrogens with zero attached hydrogens (tertiary/aromatic N) is 2. The maximum atomic E-state index is 11.4. The van der Waals surface area contributed by atoms with Gasteiger partial charge in [0.15, 0.2) is 0 Å². The average molecular weight is 296 g/mol. The number of carboxylic acids is 1. The Balaban J connectivity index is 2.28. The largest absolute Gasteiger partial charge is 0.481 e. The molecule has 1 heterocycles. The number of hydrogen-bond donors (Lipinski definition) is 1. The topological polar surface area (TPSA) is 85.5 Å². The molecule has 1 aliphatic carbocycles. The Morgan fingerprint density at radius 1 is 1.38 bits per heavy atom. The summed E-state index contributed by atoms with van der Waals surface area (Å²) in [5.74, 6) is -0.406. The van der Waals surface area contributed by atoms with Crippen molar-refractivity contribution in [1.82, 2.24) is 10.1 Å². The summed E-state index contributed by atoms with van der Waals surface area (Å²) in [6.45, 7) is 4.04. The summed E-state index contributed by atoms with van der Waals surface area (Å²) >= 11 is 0. The summed E-state index contributed by atoms with van der Waals surface area (Å²) in [6, 6.07) is 0. The third-order valence-electron chi connectivity index (χ3n) is 4.78. The fourth-order valence-electron chi connectivity index (χ4n) is 3.24. The molecule has 1 saturated carbocycles. The highest BCUT2D eigenvalue weighted by Crippen LogP contribution is 2.38. The molecule has 0 amide bonds. The summed E-state index contributed by atoms with van der Waals surface area (Å²) in [5.41, 5.74) is -0.546. The van der Waals surface area contributed by atoms with E-state index < -0.39 is 17.5 Å². The molecule has 2 unspecified atom stereocenters. The quantitative estimate of drug-likeness (QED) is 0.868.